The van der Waals surface area contributed by atoms with Crippen LogP contribution in [-0.4, -0.2) is 23.3 Å². The molecule has 0 N–H and O–H groups in total. The minimum atomic E-state index is -0.518. The van der Waals surface area contributed by atoms with Gasteiger partial charge in [0.05, 0.1) is 32.3 Å². The largest absolute Gasteiger partial charge is 0.465 e. The lowest BCUT2D eigenvalue weighted by Crippen LogP contribution is -2.18. The first-order chi connectivity index (χ1) is 15.6. The van der Waals surface area contributed by atoms with Crippen LogP contribution in [0.25, 0.3) is 22.6 Å². The second-order valence-corrected chi connectivity index (χ2v) is 9.19. The van der Waals surface area contributed by atoms with Gasteiger partial charge in [0.2, 0.25) is 5.78 Å². The highest BCUT2D eigenvalue weighted by atomic mass is 35.5. The van der Waals surface area contributed by atoms with E-state index in [1.165, 1.54) is 11.3 Å². The number of halogens is 1. The predicted molar refractivity (Wildman–Crippen MR) is 125 cm³/mol. The van der Waals surface area contributed by atoms with E-state index in [-0.39, 0.29) is 12.4 Å². The number of aromatic nitrogens is 1. The lowest BCUT2D eigenvalue weighted by Gasteiger charge is -2.22. The quantitative estimate of drug-likeness (QED) is 0.251. The van der Waals surface area contributed by atoms with Gasteiger partial charge in [0, 0.05) is 5.39 Å². The van der Waals surface area contributed by atoms with Crippen molar-refractivity contribution >= 4 is 57.2 Å². The molecule has 3 aromatic heterocycles. The Morgan fingerprint density at radius 3 is 2.78 bits per heavy atom. The maximum Gasteiger partial charge on any atom is 0.339 e. The van der Waals surface area contributed by atoms with E-state index in [1.54, 1.807) is 18.4 Å². The summed E-state index contributed by atoms with van der Waals surface area (Å²) in [7, 11) is 0. The van der Waals surface area contributed by atoms with E-state index in [4.69, 9.17) is 25.7 Å². The third kappa shape index (κ3) is 3.99. The van der Waals surface area contributed by atoms with E-state index in [1.807, 2.05) is 42.5 Å². The highest BCUT2D eigenvalue weighted by Gasteiger charge is 2.26. The average molecular weight is 464 g/mol. The number of para-hydroxylation sites is 1. The number of fused-ring (bicyclic) bond motifs is 2. The number of furan rings is 1. The number of carbonyl (C=O) groups is 2. The number of Topliss-reactive ketones (excluding diaryl/α,β-unsaturated/α-hetero) is 1. The molecule has 7 heteroatoms. The minimum absolute atomic E-state index is 0.277. The standard InChI is InChI=1S/C25H18ClNO4S/c26-22-11-10-21(32-22)20(28)14-31-25(29)23-17-7-1-2-9-19(17)27-24-15(5-3-8-18(23)24)13-16-6-4-12-30-16/h1-2,4,6-7,9-13H,3,5,8,14H2. The number of benzene rings is 1. The second kappa shape index (κ2) is 8.73. The van der Waals surface area contributed by atoms with Gasteiger partial charge in [0.1, 0.15) is 5.76 Å². The van der Waals surface area contributed by atoms with Crippen LogP contribution in [0.3, 0.4) is 0 Å². The van der Waals surface area contributed by atoms with Gasteiger partial charge in [-0.3, -0.25) is 4.79 Å². The summed E-state index contributed by atoms with van der Waals surface area (Å²) in [5.41, 5.74) is 3.85. The number of esters is 1. The van der Waals surface area contributed by atoms with Gasteiger partial charge in [-0.2, -0.15) is 0 Å². The molecule has 3 heterocycles. The van der Waals surface area contributed by atoms with Crippen molar-refractivity contribution in [3.63, 3.8) is 0 Å². The first-order valence-corrected chi connectivity index (χ1v) is 11.4. The van der Waals surface area contributed by atoms with Crippen molar-refractivity contribution in [3.8, 4) is 0 Å². The Kier molecular flexibility index (Phi) is 5.64. The summed E-state index contributed by atoms with van der Waals surface area (Å²) in [6.45, 7) is -0.337. The van der Waals surface area contributed by atoms with E-state index in [2.05, 4.69) is 0 Å². The molecule has 0 unspecified atom stereocenters. The highest BCUT2D eigenvalue weighted by Crippen LogP contribution is 2.36. The van der Waals surface area contributed by atoms with Crippen LogP contribution in [-0.2, 0) is 11.2 Å². The fraction of sp³-hybridized carbons (Fsp3) is 0.160. The minimum Gasteiger partial charge on any atom is -0.465 e. The number of hydrogen-bond acceptors (Lipinski definition) is 6. The Bertz CT molecular complexity index is 1350. The normalized spacial score (nSPS) is 14.5. The maximum atomic E-state index is 13.2. The molecule has 0 saturated carbocycles. The Morgan fingerprint density at radius 1 is 1.12 bits per heavy atom. The summed E-state index contributed by atoms with van der Waals surface area (Å²) in [6.07, 6.45) is 6.03. The van der Waals surface area contributed by atoms with Gasteiger partial charge < -0.3 is 9.15 Å². The van der Waals surface area contributed by atoms with Gasteiger partial charge >= 0.3 is 5.97 Å². The molecule has 32 heavy (non-hydrogen) atoms. The maximum absolute atomic E-state index is 13.2. The van der Waals surface area contributed by atoms with Crippen molar-refractivity contribution in [1.82, 2.24) is 4.98 Å². The number of ether oxygens (including phenoxy) is 1. The summed E-state index contributed by atoms with van der Waals surface area (Å²) in [6, 6.07) is 14.5. The van der Waals surface area contributed by atoms with Gasteiger partial charge in [-0.25, -0.2) is 9.78 Å². The Balaban J connectivity index is 1.53. The zero-order valence-corrected chi connectivity index (χ0v) is 18.5. The zero-order valence-electron chi connectivity index (χ0n) is 17.0. The summed E-state index contributed by atoms with van der Waals surface area (Å²) in [4.78, 5) is 31.0. The number of thiophene rings is 1. The molecule has 0 spiro atoms. The number of nitrogens with zero attached hydrogens (tertiary/aromatic N) is 1. The zero-order chi connectivity index (χ0) is 22.1. The third-order valence-corrected chi connectivity index (χ3v) is 6.69. The van der Waals surface area contributed by atoms with Crippen LogP contribution < -0.4 is 0 Å². The number of rotatable bonds is 5. The van der Waals surface area contributed by atoms with E-state index in [9.17, 15) is 9.59 Å². The van der Waals surface area contributed by atoms with Gasteiger partial charge in [0.25, 0.3) is 0 Å². The Hall–Kier alpha value is -3.22. The lowest BCUT2D eigenvalue weighted by molar-refractivity contribution is 0.0476. The van der Waals surface area contributed by atoms with E-state index >= 15 is 0 Å². The summed E-state index contributed by atoms with van der Waals surface area (Å²) in [5.74, 6) is -0.0527. The second-order valence-electron chi connectivity index (χ2n) is 7.47. The fourth-order valence-electron chi connectivity index (χ4n) is 3.99. The SMILES string of the molecule is O=C(COC(=O)c1c2c(nc3ccccc13)C(=Cc1ccco1)CCC2)c1ccc(Cl)s1. The fourth-order valence-corrected chi connectivity index (χ4v) is 4.96. The van der Waals surface area contributed by atoms with Crippen LogP contribution in [0.15, 0.2) is 59.2 Å². The predicted octanol–water partition coefficient (Wildman–Crippen LogP) is 6.46. The van der Waals surface area contributed by atoms with Gasteiger partial charge in [-0.15, -0.1) is 11.3 Å². The molecule has 5 nitrogen and oxygen atoms in total. The Morgan fingerprint density at radius 2 is 2.00 bits per heavy atom. The topological polar surface area (TPSA) is 69.4 Å². The molecule has 160 valence electrons. The van der Waals surface area contributed by atoms with Crippen LogP contribution in [0.2, 0.25) is 4.34 Å². The summed E-state index contributed by atoms with van der Waals surface area (Å²) in [5, 5.41) is 0.724. The molecule has 4 aromatic rings. The van der Waals surface area contributed by atoms with E-state index in [0.717, 1.165) is 40.8 Å². The third-order valence-electron chi connectivity index (χ3n) is 5.42. The molecule has 1 aliphatic carbocycles. The molecule has 0 aliphatic heterocycles. The first-order valence-electron chi connectivity index (χ1n) is 10.2. The highest BCUT2D eigenvalue weighted by molar-refractivity contribution is 7.18. The molecule has 1 aromatic carbocycles. The lowest BCUT2D eigenvalue weighted by atomic mass is 9.86. The molecule has 0 amide bonds. The monoisotopic (exact) mass is 463 g/mol. The first kappa shape index (κ1) is 20.7. The van der Waals surface area contributed by atoms with Crippen molar-refractivity contribution < 1.29 is 18.7 Å². The molecule has 0 bridgehead atoms. The van der Waals surface area contributed by atoms with Crippen LogP contribution in [0.1, 0.15) is 49.9 Å². The van der Waals surface area contributed by atoms with E-state index < -0.39 is 5.97 Å². The van der Waals surface area contributed by atoms with Crippen LogP contribution in [0.4, 0.5) is 0 Å². The van der Waals surface area contributed by atoms with Crippen molar-refractivity contribution in [2.45, 2.75) is 19.3 Å². The van der Waals surface area contributed by atoms with Crippen molar-refractivity contribution in [2.24, 2.45) is 0 Å². The van der Waals surface area contributed by atoms with Crippen molar-refractivity contribution in [3.05, 3.63) is 86.6 Å². The van der Waals surface area contributed by atoms with Gasteiger partial charge in [0.15, 0.2) is 6.61 Å². The number of allylic oxidation sites excluding steroid dienone is 1. The molecular formula is C25H18ClNO4S. The van der Waals surface area contributed by atoms with Crippen molar-refractivity contribution in [1.29, 1.82) is 0 Å². The van der Waals surface area contributed by atoms with Crippen LogP contribution >= 0.6 is 22.9 Å². The Labute approximate surface area is 193 Å². The van der Waals surface area contributed by atoms with Crippen LogP contribution in [0, 0.1) is 0 Å². The molecule has 0 fully saturated rings. The van der Waals surface area contributed by atoms with Crippen LogP contribution in [0.5, 0.6) is 0 Å². The molecule has 1 aliphatic rings. The van der Waals surface area contributed by atoms with Crippen molar-refractivity contribution in [2.75, 3.05) is 6.61 Å². The summed E-state index contributed by atoms with van der Waals surface area (Å²) < 4.78 is 11.5. The molecular weight excluding hydrogens is 446 g/mol. The number of hydrogen-bond donors (Lipinski definition) is 0. The summed E-state index contributed by atoms with van der Waals surface area (Å²) >= 11 is 7.08. The number of ketones is 1. The number of pyridine rings is 1. The molecule has 0 atom stereocenters. The average Bonchev–Trinajstić information content (AvgIpc) is 3.48. The number of carbonyl (C=O) groups excluding carboxylic acids is 2. The van der Waals surface area contributed by atoms with E-state index in [0.29, 0.717) is 26.7 Å². The molecule has 0 radical (unpaired) electrons. The smallest absolute Gasteiger partial charge is 0.339 e. The van der Waals surface area contributed by atoms with Gasteiger partial charge in [-0.05, 0) is 66.8 Å². The molecule has 0 saturated heterocycles. The van der Waals surface area contributed by atoms with Gasteiger partial charge in [-0.1, -0.05) is 29.8 Å². The molecule has 5 rings (SSSR count).